The van der Waals surface area contributed by atoms with Crippen molar-refractivity contribution in [2.45, 2.75) is 6.18 Å². The Labute approximate surface area is 177 Å². The smallest absolute Gasteiger partial charge is 0.337 e. The first-order valence-corrected chi connectivity index (χ1v) is 9.27. The van der Waals surface area contributed by atoms with E-state index in [1.807, 2.05) is 0 Å². The van der Waals surface area contributed by atoms with Crippen LogP contribution in [0.1, 0.15) is 16.8 Å². The average Bonchev–Trinajstić information content (AvgIpc) is 3.28. The van der Waals surface area contributed by atoms with Gasteiger partial charge in [-0.3, -0.25) is 0 Å². The quantitative estimate of drug-likeness (QED) is 0.480. The maximum Gasteiger partial charge on any atom is 0.417 e. The van der Waals surface area contributed by atoms with Crippen LogP contribution < -0.4 is 9.98 Å². The lowest BCUT2D eigenvalue weighted by Gasteiger charge is -2.23. The summed E-state index contributed by atoms with van der Waals surface area (Å²) in [5.74, 6) is -1.64. The molecule has 0 atom stereocenters. The number of fused-ring (bicyclic) bond motifs is 1. The van der Waals surface area contributed by atoms with Crippen molar-refractivity contribution in [1.82, 2.24) is 14.6 Å². The van der Waals surface area contributed by atoms with Crippen LogP contribution in [0, 0.1) is 11.6 Å². The molecule has 1 aromatic heterocycles. The molecule has 2 aliphatic heterocycles. The Kier molecular flexibility index (Phi) is 4.45. The number of halogens is 5. The number of hydrogen-bond donors (Lipinski definition) is 1. The van der Waals surface area contributed by atoms with Gasteiger partial charge in [-0.2, -0.15) is 18.2 Å². The summed E-state index contributed by atoms with van der Waals surface area (Å²) < 4.78 is 72.0. The number of allylic oxidation sites excluding steroid dienone is 2. The number of alkyl halides is 3. The molecule has 0 unspecified atom stereocenters. The van der Waals surface area contributed by atoms with Gasteiger partial charge in [0.05, 0.1) is 28.2 Å². The number of amidine groups is 1. The molecule has 0 aliphatic carbocycles. The van der Waals surface area contributed by atoms with E-state index in [-0.39, 0.29) is 34.3 Å². The van der Waals surface area contributed by atoms with Crippen LogP contribution in [0.2, 0.25) is 0 Å². The summed E-state index contributed by atoms with van der Waals surface area (Å²) in [4.78, 5) is 12.7. The van der Waals surface area contributed by atoms with Gasteiger partial charge in [-0.15, -0.1) is 4.67 Å². The zero-order valence-corrected chi connectivity index (χ0v) is 16.0. The van der Waals surface area contributed by atoms with Crippen molar-refractivity contribution in [1.29, 1.82) is 0 Å². The number of anilines is 1. The first-order chi connectivity index (χ1) is 15.3. The molecule has 0 fully saturated rings. The molecule has 0 amide bonds. The number of nitrogens with one attached hydrogen (secondary N) is 1. The number of nitrogens with zero attached hydrogens (tertiary/aromatic N) is 4. The lowest BCUT2D eigenvalue weighted by atomic mass is 10.0. The van der Waals surface area contributed by atoms with Gasteiger partial charge in [0.2, 0.25) is 0 Å². The van der Waals surface area contributed by atoms with Gasteiger partial charge in [0.15, 0.2) is 0 Å². The Balaban J connectivity index is 1.66. The molecule has 2 aromatic carbocycles. The summed E-state index contributed by atoms with van der Waals surface area (Å²) >= 11 is 0. The van der Waals surface area contributed by atoms with Crippen LogP contribution in [-0.2, 0) is 6.18 Å². The molecule has 5 nitrogen and oxygen atoms in total. The number of benzene rings is 2. The van der Waals surface area contributed by atoms with Gasteiger partial charge in [0.25, 0.3) is 12.2 Å². The van der Waals surface area contributed by atoms with E-state index in [0.717, 1.165) is 18.2 Å². The first kappa shape index (κ1) is 19.8. The summed E-state index contributed by atoms with van der Waals surface area (Å²) in [6.07, 6.45) is 0.0570. The minimum atomic E-state index is -4.60. The molecule has 0 saturated heterocycles. The molecule has 0 spiro atoms. The first-order valence-electron chi connectivity index (χ1n) is 9.27. The standard InChI is InChI=1S/C22H11F5N5/c23-12-7-14-19(16(24)8-12)31-20(14)32-21-29-17(11-5-6-28-10-11)9-18(30-21)13-3-1-2-4-15(13)22(25,26)27/h1-10H,(H,29,30,31,32)/q+1. The number of rotatable bonds is 3. The van der Waals surface area contributed by atoms with Crippen molar-refractivity contribution in [2.24, 2.45) is 4.99 Å². The highest BCUT2D eigenvalue weighted by Gasteiger charge is 2.34. The summed E-state index contributed by atoms with van der Waals surface area (Å²) in [6, 6.07) is 8.25. The summed E-state index contributed by atoms with van der Waals surface area (Å²) in [6.45, 7) is 0. The largest absolute Gasteiger partial charge is 0.417 e. The molecule has 3 heterocycles. The molecule has 1 N–H and O–H groups in total. The van der Waals surface area contributed by atoms with E-state index >= 15 is 0 Å². The summed E-state index contributed by atoms with van der Waals surface area (Å²) in [5, 5.41) is 2.65. The maximum atomic E-state index is 13.8. The van der Waals surface area contributed by atoms with Crippen LogP contribution in [0.25, 0.3) is 16.8 Å². The molecule has 10 heteroatoms. The van der Waals surface area contributed by atoms with Crippen molar-refractivity contribution in [3.8, 4) is 11.3 Å². The van der Waals surface area contributed by atoms with E-state index in [2.05, 4.69) is 24.9 Å². The van der Waals surface area contributed by atoms with Crippen LogP contribution in [0.5, 0.6) is 0 Å². The SMILES string of the molecule is Fc1cc(F)c2c(c1)C(=Nc1nc(C3=CC=[N+]=C3)cc(-c3ccccc3C(F)(F)F)n1)N2. The highest BCUT2D eigenvalue weighted by molar-refractivity contribution is 6.22. The summed E-state index contributed by atoms with van der Waals surface area (Å²) in [5.41, 5.74) is 0.0950. The molecule has 0 bridgehead atoms. The molecule has 0 radical (unpaired) electrons. The van der Waals surface area contributed by atoms with E-state index < -0.39 is 23.4 Å². The van der Waals surface area contributed by atoms with Gasteiger partial charge in [-0.1, -0.05) is 18.2 Å². The Hall–Kier alpha value is -4.17. The van der Waals surface area contributed by atoms with Crippen molar-refractivity contribution in [2.75, 3.05) is 5.32 Å². The molecule has 3 aromatic rings. The predicted octanol–water partition coefficient (Wildman–Crippen LogP) is 4.55. The van der Waals surface area contributed by atoms with E-state index in [1.165, 1.54) is 36.7 Å². The van der Waals surface area contributed by atoms with E-state index in [1.54, 1.807) is 6.08 Å². The molecular weight excluding hydrogens is 429 g/mol. The zero-order valence-electron chi connectivity index (χ0n) is 16.0. The number of aromatic nitrogens is 2. The molecule has 5 rings (SSSR count). The van der Waals surface area contributed by atoms with E-state index in [0.29, 0.717) is 11.3 Å². The van der Waals surface area contributed by atoms with Gasteiger partial charge in [0.1, 0.15) is 17.5 Å². The van der Waals surface area contributed by atoms with Crippen molar-refractivity contribution in [3.63, 3.8) is 0 Å². The lowest BCUT2D eigenvalue weighted by molar-refractivity contribution is -0.137. The second-order valence-corrected chi connectivity index (χ2v) is 6.93. The van der Waals surface area contributed by atoms with E-state index in [4.69, 9.17) is 0 Å². The maximum absolute atomic E-state index is 13.8. The monoisotopic (exact) mass is 440 g/mol. The average molecular weight is 440 g/mol. The lowest BCUT2D eigenvalue weighted by Crippen LogP contribution is -2.27. The third kappa shape index (κ3) is 3.46. The highest BCUT2D eigenvalue weighted by Crippen LogP contribution is 2.37. The third-order valence-corrected chi connectivity index (χ3v) is 4.84. The third-order valence-electron chi connectivity index (χ3n) is 4.84. The fourth-order valence-electron chi connectivity index (χ4n) is 3.36. The predicted molar refractivity (Wildman–Crippen MR) is 111 cm³/mol. The van der Waals surface area contributed by atoms with Crippen molar-refractivity contribution in [3.05, 3.63) is 77.0 Å². The van der Waals surface area contributed by atoms with Crippen molar-refractivity contribution >= 4 is 35.5 Å². The Morgan fingerprint density at radius 3 is 2.47 bits per heavy atom. The molecule has 158 valence electrons. The van der Waals surface area contributed by atoms with Gasteiger partial charge in [-0.05, 0) is 18.2 Å². The topological polar surface area (TPSA) is 64.3 Å². The van der Waals surface area contributed by atoms with Crippen LogP contribution in [0.3, 0.4) is 0 Å². The van der Waals surface area contributed by atoms with Crippen molar-refractivity contribution < 1.29 is 22.0 Å². The van der Waals surface area contributed by atoms with Gasteiger partial charge in [-0.25, -0.2) is 18.7 Å². The molecular formula is C22H11F5N5+. The minimum absolute atomic E-state index is 0.00607. The fourth-order valence-corrected chi connectivity index (χ4v) is 3.36. The van der Waals surface area contributed by atoms with Gasteiger partial charge >= 0.3 is 12.4 Å². The van der Waals surface area contributed by atoms with Crippen LogP contribution in [0.15, 0.2) is 53.5 Å². The highest BCUT2D eigenvalue weighted by atomic mass is 19.4. The summed E-state index contributed by atoms with van der Waals surface area (Å²) in [7, 11) is 0. The zero-order chi connectivity index (χ0) is 22.5. The van der Waals surface area contributed by atoms with E-state index in [9.17, 15) is 22.0 Å². The molecule has 32 heavy (non-hydrogen) atoms. The van der Waals surface area contributed by atoms with Crippen LogP contribution in [0.4, 0.5) is 33.6 Å². The second kappa shape index (κ2) is 7.21. The Bertz CT molecular complexity index is 1400. The number of aliphatic imine (C=N–C) groups is 1. The number of hydrogen-bond acceptors (Lipinski definition) is 3. The minimum Gasteiger partial charge on any atom is -0.337 e. The Morgan fingerprint density at radius 2 is 1.72 bits per heavy atom. The fraction of sp³-hybridized carbons (Fsp3) is 0.0455. The molecule has 2 aliphatic rings. The van der Waals surface area contributed by atoms with Crippen LogP contribution >= 0.6 is 0 Å². The van der Waals surface area contributed by atoms with Gasteiger partial charge in [0, 0.05) is 23.3 Å². The second-order valence-electron chi connectivity index (χ2n) is 6.93. The van der Waals surface area contributed by atoms with Crippen LogP contribution in [-0.4, -0.2) is 28.2 Å². The Morgan fingerprint density at radius 1 is 0.938 bits per heavy atom. The normalized spacial score (nSPS) is 15.4. The van der Waals surface area contributed by atoms with Gasteiger partial charge < -0.3 is 5.32 Å². The molecule has 0 saturated carbocycles.